The Balaban J connectivity index is 2.07. The maximum Gasteiger partial charge on any atom is 0.337 e. The number of aryl methyl sites for hydroxylation is 2. The highest BCUT2D eigenvalue weighted by molar-refractivity contribution is 5.86. The molecule has 42 heavy (non-hydrogen) atoms. The minimum atomic E-state index is -1.25. The Morgan fingerprint density at radius 3 is 2.21 bits per heavy atom. The summed E-state index contributed by atoms with van der Waals surface area (Å²) in [6.45, 7) is 15.3. The summed E-state index contributed by atoms with van der Waals surface area (Å²) >= 11 is 0. The molecule has 0 aliphatic heterocycles. The van der Waals surface area contributed by atoms with Crippen LogP contribution in [0.5, 0.6) is 5.88 Å². The van der Waals surface area contributed by atoms with E-state index < -0.39 is 23.5 Å². The van der Waals surface area contributed by atoms with Crippen LogP contribution in [0.25, 0.3) is 11.1 Å². The second-order valence-corrected chi connectivity index (χ2v) is 11.8. The predicted octanol–water partition coefficient (Wildman–Crippen LogP) is 7.87. The largest absolute Gasteiger partial charge is 0.479 e. The standard InChI is InChI=1S/C34H46FN3O4/c1-8-10-17-38(18-11-9-2)30-27(22-36-24(4)29(30)31(33(39)40)42-34(5,6)7)26-20-28(35)32(37-21-26)41-19-16-25-14-12-23(3)13-15-25/h12-15,20-22,31H,8-11,16-19H2,1-7H3,(H,39,40)/t31-/m0/s1. The SMILES string of the molecule is CCCCN(CCCC)c1c(-c2cnc(OCCc3ccc(C)cc3)c(F)c2)cnc(C)c1[C@H](OC(C)(C)C)C(=O)O. The van der Waals surface area contributed by atoms with Crippen LogP contribution in [0.4, 0.5) is 10.1 Å². The molecule has 8 heteroatoms. The summed E-state index contributed by atoms with van der Waals surface area (Å²) in [5, 5.41) is 10.3. The first kappa shape index (κ1) is 33.0. The number of benzene rings is 1. The third kappa shape index (κ3) is 8.99. The molecule has 0 bridgehead atoms. The number of carboxylic acid groups (broad SMARTS) is 1. The van der Waals surface area contributed by atoms with E-state index in [-0.39, 0.29) is 5.88 Å². The molecule has 1 N–H and O–H groups in total. The zero-order valence-corrected chi connectivity index (χ0v) is 26.2. The number of halogens is 1. The summed E-state index contributed by atoms with van der Waals surface area (Å²) in [6, 6.07) is 9.54. The molecule has 0 saturated heterocycles. The molecule has 0 radical (unpaired) electrons. The third-order valence-corrected chi connectivity index (χ3v) is 6.99. The first-order chi connectivity index (χ1) is 19.9. The topological polar surface area (TPSA) is 84.8 Å². The Morgan fingerprint density at radius 2 is 1.67 bits per heavy atom. The van der Waals surface area contributed by atoms with Crippen LogP contribution in [0.2, 0.25) is 0 Å². The van der Waals surface area contributed by atoms with Gasteiger partial charge in [-0.1, -0.05) is 56.5 Å². The van der Waals surface area contributed by atoms with E-state index >= 15 is 4.39 Å². The molecule has 0 aliphatic carbocycles. The van der Waals surface area contributed by atoms with Gasteiger partial charge < -0.3 is 19.5 Å². The highest BCUT2D eigenvalue weighted by Crippen LogP contribution is 2.41. The number of unbranched alkanes of at least 4 members (excludes halogenated alkanes) is 2. The van der Waals surface area contributed by atoms with E-state index in [0.29, 0.717) is 41.1 Å². The van der Waals surface area contributed by atoms with Crippen molar-refractivity contribution in [2.75, 3.05) is 24.6 Å². The van der Waals surface area contributed by atoms with E-state index in [1.54, 1.807) is 19.3 Å². The van der Waals surface area contributed by atoms with E-state index in [9.17, 15) is 9.90 Å². The normalized spacial score (nSPS) is 12.3. The minimum Gasteiger partial charge on any atom is -0.479 e. The van der Waals surface area contributed by atoms with Crippen LogP contribution in [0.15, 0.2) is 42.7 Å². The predicted molar refractivity (Wildman–Crippen MR) is 166 cm³/mol. The van der Waals surface area contributed by atoms with Gasteiger partial charge in [-0.25, -0.2) is 14.2 Å². The molecule has 0 unspecified atom stereocenters. The van der Waals surface area contributed by atoms with Gasteiger partial charge in [0.25, 0.3) is 0 Å². The highest BCUT2D eigenvalue weighted by Gasteiger charge is 2.34. The molecule has 1 atom stereocenters. The first-order valence-corrected chi connectivity index (χ1v) is 14.9. The zero-order chi connectivity index (χ0) is 30.9. The summed E-state index contributed by atoms with van der Waals surface area (Å²) in [4.78, 5) is 23.8. The molecule has 3 rings (SSSR count). The van der Waals surface area contributed by atoms with Gasteiger partial charge in [0.15, 0.2) is 11.9 Å². The van der Waals surface area contributed by atoms with E-state index in [1.165, 1.54) is 11.6 Å². The average molecular weight is 580 g/mol. The first-order valence-electron chi connectivity index (χ1n) is 14.9. The molecule has 0 spiro atoms. The van der Waals surface area contributed by atoms with Gasteiger partial charge in [-0.2, -0.15) is 0 Å². The van der Waals surface area contributed by atoms with Gasteiger partial charge in [0.1, 0.15) is 0 Å². The quantitative estimate of drug-likeness (QED) is 0.196. The van der Waals surface area contributed by atoms with E-state index in [2.05, 4.69) is 28.7 Å². The molecule has 3 aromatic rings. The molecular weight excluding hydrogens is 533 g/mol. The van der Waals surface area contributed by atoms with Crippen molar-refractivity contribution < 1.29 is 23.8 Å². The number of nitrogens with zero attached hydrogens (tertiary/aromatic N) is 3. The van der Waals surface area contributed by atoms with Gasteiger partial charge in [-0.05, 0) is 59.1 Å². The summed E-state index contributed by atoms with van der Waals surface area (Å²) in [5.74, 6) is -1.75. The maximum absolute atomic E-state index is 15.4. The fourth-order valence-corrected chi connectivity index (χ4v) is 4.79. The number of anilines is 1. The van der Waals surface area contributed by atoms with Crippen LogP contribution in [-0.4, -0.2) is 46.3 Å². The van der Waals surface area contributed by atoms with Crippen molar-refractivity contribution >= 4 is 11.7 Å². The van der Waals surface area contributed by atoms with Crippen LogP contribution in [0, 0.1) is 19.7 Å². The number of hydrogen-bond acceptors (Lipinski definition) is 6. The van der Waals surface area contributed by atoms with E-state index in [0.717, 1.165) is 44.3 Å². The van der Waals surface area contributed by atoms with Gasteiger partial charge in [-0.15, -0.1) is 0 Å². The zero-order valence-electron chi connectivity index (χ0n) is 26.2. The summed E-state index contributed by atoms with van der Waals surface area (Å²) in [5.41, 5.74) is 4.43. The summed E-state index contributed by atoms with van der Waals surface area (Å²) in [7, 11) is 0. The van der Waals surface area contributed by atoms with Crippen LogP contribution in [0.1, 0.15) is 88.8 Å². The number of ether oxygens (including phenoxy) is 2. The lowest BCUT2D eigenvalue weighted by atomic mass is 9.96. The third-order valence-electron chi connectivity index (χ3n) is 6.99. The van der Waals surface area contributed by atoms with Crippen LogP contribution in [0.3, 0.4) is 0 Å². The molecule has 0 saturated carbocycles. The Bertz CT molecular complexity index is 1310. The molecule has 2 heterocycles. The number of pyridine rings is 2. The molecular formula is C34H46FN3O4. The Morgan fingerprint density at radius 1 is 1.02 bits per heavy atom. The van der Waals surface area contributed by atoms with Gasteiger partial charge in [0, 0.05) is 54.3 Å². The Hall–Kier alpha value is -3.52. The van der Waals surface area contributed by atoms with Crippen molar-refractivity contribution in [3.05, 3.63) is 70.9 Å². The van der Waals surface area contributed by atoms with Crippen molar-refractivity contribution in [1.82, 2.24) is 9.97 Å². The van der Waals surface area contributed by atoms with Crippen LogP contribution in [-0.2, 0) is 16.0 Å². The molecule has 0 aliphatic rings. The fourth-order valence-electron chi connectivity index (χ4n) is 4.79. The highest BCUT2D eigenvalue weighted by atomic mass is 19.1. The second kappa shape index (κ2) is 15.1. The maximum atomic E-state index is 15.4. The van der Waals surface area contributed by atoms with Crippen molar-refractivity contribution in [3.8, 4) is 17.0 Å². The average Bonchev–Trinajstić information content (AvgIpc) is 2.93. The lowest BCUT2D eigenvalue weighted by Gasteiger charge is -2.33. The number of carbonyl (C=O) groups is 1. The van der Waals surface area contributed by atoms with E-state index in [1.807, 2.05) is 52.0 Å². The lowest BCUT2D eigenvalue weighted by Crippen LogP contribution is -2.32. The van der Waals surface area contributed by atoms with E-state index in [4.69, 9.17) is 9.47 Å². The van der Waals surface area contributed by atoms with Gasteiger partial charge in [0.05, 0.1) is 17.9 Å². The van der Waals surface area contributed by atoms with Gasteiger partial charge in [-0.3, -0.25) is 4.98 Å². The Labute approximate surface area is 250 Å². The molecule has 228 valence electrons. The monoisotopic (exact) mass is 579 g/mol. The molecule has 7 nitrogen and oxygen atoms in total. The minimum absolute atomic E-state index is 0.0685. The smallest absolute Gasteiger partial charge is 0.337 e. The number of carboxylic acids is 1. The van der Waals surface area contributed by atoms with Crippen molar-refractivity contribution in [3.63, 3.8) is 0 Å². The van der Waals surface area contributed by atoms with Crippen molar-refractivity contribution in [2.24, 2.45) is 0 Å². The molecule has 0 fully saturated rings. The summed E-state index contributed by atoms with van der Waals surface area (Å²) < 4.78 is 27.2. The number of aromatic nitrogens is 2. The number of rotatable bonds is 15. The Kier molecular flexibility index (Phi) is 11.9. The van der Waals surface area contributed by atoms with Gasteiger partial charge in [0.2, 0.25) is 5.88 Å². The van der Waals surface area contributed by atoms with Gasteiger partial charge >= 0.3 is 5.97 Å². The number of hydrogen-bond donors (Lipinski definition) is 1. The van der Waals surface area contributed by atoms with Crippen LogP contribution >= 0.6 is 0 Å². The second-order valence-electron chi connectivity index (χ2n) is 11.8. The molecule has 1 aromatic carbocycles. The van der Waals surface area contributed by atoms with Crippen molar-refractivity contribution in [2.45, 2.75) is 92.3 Å². The summed E-state index contributed by atoms with van der Waals surface area (Å²) in [6.07, 6.45) is 6.43. The van der Waals surface area contributed by atoms with Crippen molar-refractivity contribution in [1.29, 1.82) is 0 Å². The lowest BCUT2D eigenvalue weighted by molar-refractivity contribution is -0.160. The molecule has 0 amide bonds. The number of aliphatic carboxylic acids is 1. The van der Waals surface area contributed by atoms with Crippen LogP contribution < -0.4 is 9.64 Å². The molecule has 2 aromatic heterocycles. The fraction of sp³-hybridized carbons (Fsp3) is 0.500.